The van der Waals surface area contributed by atoms with Gasteiger partial charge in [0.2, 0.25) is 0 Å². The third kappa shape index (κ3) is 2.81. The number of anilines is 3. The third-order valence-electron chi connectivity index (χ3n) is 2.62. The van der Waals surface area contributed by atoms with Crippen molar-refractivity contribution in [3.8, 4) is 0 Å². The summed E-state index contributed by atoms with van der Waals surface area (Å²) < 4.78 is 64.4. The summed E-state index contributed by atoms with van der Waals surface area (Å²) in [6.45, 7) is 0. The molecule has 3 N–H and O–H groups in total. The number of alkyl halides is 3. The lowest BCUT2D eigenvalue weighted by Gasteiger charge is -2.13. The lowest BCUT2D eigenvalue weighted by Crippen LogP contribution is -2.07. The fourth-order valence-electron chi connectivity index (χ4n) is 1.59. The van der Waals surface area contributed by atoms with Crippen molar-refractivity contribution in [2.75, 3.05) is 11.1 Å². The van der Waals surface area contributed by atoms with E-state index in [0.29, 0.717) is 18.2 Å². The molecule has 0 atom stereocenters. The Labute approximate surface area is 111 Å². The molecule has 0 aliphatic heterocycles. The summed E-state index contributed by atoms with van der Waals surface area (Å²) in [5.74, 6) is -1.65. The summed E-state index contributed by atoms with van der Waals surface area (Å²) in [4.78, 5) is 0. The Balaban J connectivity index is 2.41. The van der Waals surface area contributed by atoms with Crippen molar-refractivity contribution >= 4 is 17.1 Å². The highest BCUT2D eigenvalue weighted by molar-refractivity contribution is 5.73. The van der Waals surface area contributed by atoms with E-state index >= 15 is 0 Å². The highest BCUT2D eigenvalue weighted by Crippen LogP contribution is 2.33. The predicted molar refractivity (Wildman–Crippen MR) is 65.5 cm³/mol. The molecule has 0 unspecified atom stereocenters. The summed E-state index contributed by atoms with van der Waals surface area (Å²) in [6.07, 6.45) is -4.60. The zero-order chi connectivity index (χ0) is 14.9. The molecule has 0 bridgehead atoms. The van der Waals surface area contributed by atoms with Gasteiger partial charge < -0.3 is 11.1 Å². The fraction of sp³-hybridized carbons (Fsp3) is 0.0769. The largest absolute Gasteiger partial charge is 0.416 e. The van der Waals surface area contributed by atoms with E-state index in [1.165, 1.54) is 12.1 Å². The maximum Gasteiger partial charge on any atom is 0.416 e. The lowest BCUT2D eigenvalue weighted by molar-refractivity contribution is -0.137. The summed E-state index contributed by atoms with van der Waals surface area (Å²) in [6, 6.07) is 5.62. The van der Waals surface area contributed by atoms with Gasteiger partial charge in [-0.3, -0.25) is 0 Å². The molecular weight excluding hydrogens is 279 g/mol. The number of benzene rings is 2. The van der Waals surface area contributed by atoms with Gasteiger partial charge in [-0.25, -0.2) is 8.78 Å². The first-order valence-electron chi connectivity index (χ1n) is 5.47. The molecule has 0 aliphatic carbocycles. The van der Waals surface area contributed by atoms with Gasteiger partial charge in [0.05, 0.1) is 22.6 Å². The maximum absolute atomic E-state index is 13.5. The number of para-hydroxylation sites is 1. The Bertz CT molecular complexity index is 637. The normalized spacial score (nSPS) is 11.4. The van der Waals surface area contributed by atoms with Gasteiger partial charge in [-0.1, -0.05) is 6.07 Å². The predicted octanol–water partition coefficient (Wildman–Crippen LogP) is 4.31. The minimum Gasteiger partial charge on any atom is -0.395 e. The molecule has 2 aromatic carbocycles. The van der Waals surface area contributed by atoms with Gasteiger partial charge in [-0.2, -0.15) is 13.2 Å². The van der Waals surface area contributed by atoms with Crippen LogP contribution in [0, 0.1) is 11.6 Å². The Morgan fingerprint density at radius 3 is 2.25 bits per heavy atom. The van der Waals surface area contributed by atoms with E-state index in [4.69, 9.17) is 5.73 Å². The standard InChI is InChI=1S/C13H9F5N2/c14-8-5-4-7(13(16,17)18)6-11(8)20-10-3-1-2-9(15)12(10)19/h1-6,20H,19H2. The van der Waals surface area contributed by atoms with Crippen LogP contribution in [0.1, 0.15) is 5.56 Å². The summed E-state index contributed by atoms with van der Waals surface area (Å²) in [5.41, 5.74) is 3.66. The second-order valence-corrected chi connectivity index (χ2v) is 4.02. The van der Waals surface area contributed by atoms with E-state index in [1.807, 2.05) is 0 Å². The molecule has 0 aliphatic rings. The summed E-state index contributed by atoms with van der Waals surface area (Å²) in [7, 11) is 0. The number of nitrogens with two attached hydrogens (primary N) is 1. The molecule has 106 valence electrons. The molecule has 2 aromatic rings. The Morgan fingerprint density at radius 2 is 1.60 bits per heavy atom. The van der Waals surface area contributed by atoms with Crippen molar-refractivity contribution in [1.82, 2.24) is 0 Å². The number of hydrogen-bond acceptors (Lipinski definition) is 2. The second-order valence-electron chi connectivity index (χ2n) is 4.02. The molecule has 2 nitrogen and oxygen atoms in total. The van der Waals surface area contributed by atoms with Crippen LogP contribution in [0.5, 0.6) is 0 Å². The van der Waals surface area contributed by atoms with Gasteiger partial charge in [-0.05, 0) is 30.3 Å². The summed E-state index contributed by atoms with van der Waals surface area (Å²) in [5, 5.41) is 2.35. The van der Waals surface area contributed by atoms with Gasteiger partial charge >= 0.3 is 6.18 Å². The van der Waals surface area contributed by atoms with Crippen LogP contribution < -0.4 is 11.1 Å². The second kappa shape index (κ2) is 4.99. The van der Waals surface area contributed by atoms with E-state index in [-0.39, 0.29) is 11.4 Å². The molecule has 0 aromatic heterocycles. The molecule has 0 heterocycles. The average molecular weight is 288 g/mol. The topological polar surface area (TPSA) is 38.0 Å². The van der Waals surface area contributed by atoms with Crippen LogP contribution in [0.25, 0.3) is 0 Å². The first-order chi connectivity index (χ1) is 9.29. The molecule has 20 heavy (non-hydrogen) atoms. The van der Waals surface area contributed by atoms with Crippen molar-refractivity contribution in [2.45, 2.75) is 6.18 Å². The van der Waals surface area contributed by atoms with Crippen LogP contribution in [0.4, 0.5) is 39.0 Å². The lowest BCUT2D eigenvalue weighted by atomic mass is 10.1. The minimum absolute atomic E-state index is 0.0109. The van der Waals surface area contributed by atoms with Gasteiger partial charge in [0.15, 0.2) is 0 Å². The molecule has 0 fully saturated rings. The van der Waals surface area contributed by atoms with Gasteiger partial charge in [0.25, 0.3) is 0 Å². The monoisotopic (exact) mass is 288 g/mol. The molecule has 0 spiro atoms. The van der Waals surface area contributed by atoms with Crippen LogP contribution in [-0.2, 0) is 6.18 Å². The number of nitrogens with one attached hydrogen (secondary N) is 1. The van der Waals surface area contributed by atoms with Crippen LogP contribution in [0.3, 0.4) is 0 Å². The van der Waals surface area contributed by atoms with Crippen LogP contribution in [-0.4, -0.2) is 0 Å². The average Bonchev–Trinajstić information content (AvgIpc) is 2.36. The number of rotatable bonds is 2. The minimum atomic E-state index is -4.60. The molecule has 2 rings (SSSR count). The number of halogens is 5. The van der Waals surface area contributed by atoms with Crippen molar-refractivity contribution in [1.29, 1.82) is 0 Å². The SMILES string of the molecule is Nc1c(F)cccc1Nc1cc(C(F)(F)F)ccc1F. The fourth-order valence-corrected chi connectivity index (χ4v) is 1.59. The van der Waals surface area contributed by atoms with Crippen molar-refractivity contribution in [3.63, 3.8) is 0 Å². The van der Waals surface area contributed by atoms with E-state index in [0.717, 1.165) is 6.07 Å². The van der Waals surface area contributed by atoms with Crippen LogP contribution in [0.2, 0.25) is 0 Å². The first-order valence-corrected chi connectivity index (χ1v) is 5.47. The molecule has 7 heteroatoms. The van der Waals surface area contributed by atoms with Gasteiger partial charge in [0, 0.05) is 0 Å². The molecule has 0 saturated carbocycles. The van der Waals surface area contributed by atoms with Crippen LogP contribution >= 0.6 is 0 Å². The van der Waals surface area contributed by atoms with E-state index in [1.54, 1.807) is 0 Å². The van der Waals surface area contributed by atoms with Crippen molar-refractivity contribution in [2.24, 2.45) is 0 Å². The maximum atomic E-state index is 13.5. The Hall–Kier alpha value is -2.31. The Kier molecular flexibility index (Phi) is 3.52. The van der Waals surface area contributed by atoms with Crippen molar-refractivity contribution in [3.05, 3.63) is 53.6 Å². The highest BCUT2D eigenvalue weighted by Gasteiger charge is 2.31. The van der Waals surface area contributed by atoms with Gasteiger partial charge in [-0.15, -0.1) is 0 Å². The quantitative estimate of drug-likeness (QED) is 0.638. The first kappa shape index (κ1) is 14.1. The van der Waals surface area contributed by atoms with Gasteiger partial charge in [0.1, 0.15) is 11.6 Å². The zero-order valence-corrected chi connectivity index (χ0v) is 9.93. The van der Waals surface area contributed by atoms with E-state index in [9.17, 15) is 22.0 Å². The molecule has 0 radical (unpaired) electrons. The van der Waals surface area contributed by atoms with Crippen LogP contribution in [0.15, 0.2) is 36.4 Å². The molecule has 0 saturated heterocycles. The van der Waals surface area contributed by atoms with Crippen molar-refractivity contribution < 1.29 is 22.0 Å². The number of nitrogen functional groups attached to an aromatic ring is 1. The Morgan fingerprint density at radius 1 is 0.900 bits per heavy atom. The van der Waals surface area contributed by atoms with E-state index in [2.05, 4.69) is 5.32 Å². The third-order valence-corrected chi connectivity index (χ3v) is 2.62. The van der Waals surface area contributed by atoms with E-state index < -0.39 is 29.1 Å². The zero-order valence-electron chi connectivity index (χ0n) is 9.93. The molecule has 0 amide bonds. The summed E-state index contributed by atoms with van der Waals surface area (Å²) >= 11 is 0. The highest BCUT2D eigenvalue weighted by atomic mass is 19.4. The number of hydrogen-bond donors (Lipinski definition) is 2. The molecular formula is C13H9F5N2. The smallest absolute Gasteiger partial charge is 0.395 e.